The van der Waals surface area contributed by atoms with Gasteiger partial charge in [0.05, 0.1) is 13.2 Å². The number of rotatable bonds is 8. The largest absolute Gasteiger partial charge is 0.384 e. The molecule has 10 heteroatoms. The molecule has 2 amide bonds. The summed E-state index contributed by atoms with van der Waals surface area (Å²) in [5.41, 5.74) is 9.86. The normalized spacial score (nSPS) is 12.5. The van der Waals surface area contributed by atoms with Gasteiger partial charge in [-0.3, -0.25) is 15.0 Å². The highest BCUT2D eigenvalue weighted by Gasteiger charge is 2.18. The lowest BCUT2D eigenvalue weighted by Gasteiger charge is -2.27. The van der Waals surface area contributed by atoms with Crippen LogP contribution in [0.15, 0.2) is 66.7 Å². The van der Waals surface area contributed by atoms with E-state index in [0.717, 1.165) is 16.8 Å². The number of hydrogen-bond donors (Lipinski definition) is 4. The van der Waals surface area contributed by atoms with Crippen LogP contribution in [0.2, 0.25) is 5.02 Å². The SMILES string of the molecule is CC(C)=O.N=C(N)c1ccc(CNC(=O)c2cccc(Cl)c2)c(NCc2cccc(C(=O)N3CCOCC3)c2)c1. The topological polar surface area (TPSA) is 138 Å². The summed E-state index contributed by atoms with van der Waals surface area (Å²) >= 11 is 6.00. The van der Waals surface area contributed by atoms with Crippen molar-refractivity contribution < 1.29 is 19.1 Å². The summed E-state index contributed by atoms with van der Waals surface area (Å²) in [4.78, 5) is 36.7. The summed E-state index contributed by atoms with van der Waals surface area (Å²) in [6.07, 6.45) is 0. The van der Waals surface area contributed by atoms with Crippen LogP contribution in [-0.2, 0) is 22.6 Å². The number of morpholine rings is 1. The molecular formula is C30H34ClN5O4. The molecule has 0 bridgehead atoms. The molecule has 0 radical (unpaired) electrons. The van der Waals surface area contributed by atoms with Gasteiger partial charge in [-0.2, -0.15) is 0 Å². The molecule has 0 spiro atoms. The average Bonchev–Trinajstić information content (AvgIpc) is 2.95. The van der Waals surface area contributed by atoms with Gasteiger partial charge in [0, 0.05) is 53.6 Å². The first-order valence-corrected chi connectivity index (χ1v) is 13.2. The van der Waals surface area contributed by atoms with Crippen LogP contribution < -0.4 is 16.4 Å². The molecule has 210 valence electrons. The highest BCUT2D eigenvalue weighted by molar-refractivity contribution is 6.30. The van der Waals surface area contributed by atoms with Crippen LogP contribution in [0.5, 0.6) is 0 Å². The number of benzene rings is 3. The molecule has 3 aromatic rings. The maximum Gasteiger partial charge on any atom is 0.254 e. The zero-order valence-corrected chi connectivity index (χ0v) is 23.4. The smallest absolute Gasteiger partial charge is 0.254 e. The molecule has 0 aliphatic carbocycles. The Hall–Kier alpha value is -4.21. The lowest BCUT2D eigenvalue weighted by molar-refractivity contribution is -0.115. The number of nitrogen functional groups attached to an aromatic ring is 1. The number of hydrogen-bond acceptors (Lipinski definition) is 6. The lowest BCUT2D eigenvalue weighted by Crippen LogP contribution is -2.40. The molecule has 0 atom stereocenters. The van der Waals surface area contributed by atoms with E-state index in [2.05, 4.69) is 10.6 Å². The highest BCUT2D eigenvalue weighted by Crippen LogP contribution is 2.20. The molecule has 1 fully saturated rings. The van der Waals surface area contributed by atoms with Gasteiger partial charge in [0.25, 0.3) is 11.8 Å². The van der Waals surface area contributed by atoms with Crippen molar-refractivity contribution in [2.75, 3.05) is 31.6 Å². The summed E-state index contributed by atoms with van der Waals surface area (Å²) in [6, 6.07) is 19.6. The predicted molar refractivity (Wildman–Crippen MR) is 157 cm³/mol. The minimum Gasteiger partial charge on any atom is -0.384 e. The van der Waals surface area contributed by atoms with Crippen molar-refractivity contribution in [3.63, 3.8) is 0 Å². The standard InChI is InChI=1S/C27H28ClN5O3.C3H6O/c28-23-6-2-4-20(14-23)26(34)32-17-22-8-7-19(25(29)30)15-24(22)31-16-18-3-1-5-21(13-18)27(35)33-9-11-36-12-10-33;1-3(2)4/h1-8,13-15,31H,9-12,16-17H2,(H3,29,30)(H,32,34);1-2H3. The van der Waals surface area contributed by atoms with Gasteiger partial charge in [0.1, 0.15) is 11.6 Å². The maximum absolute atomic E-state index is 12.9. The first kappa shape index (κ1) is 30.3. The van der Waals surface area contributed by atoms with Gasteiger partial charge in [-0.1, -0.05) is 41.9 Å². The van der Waals surface area contributed by atoms with Gasteiger partial charge < -0.3 is 30.8 Å². The summed E-state index contributed by atoms with van der Waals surface area (Å²) in [6.45, 7) is 6.04. The van der Waals surface area contributed by atoms with Gasteiger partial charge in [-0.05, 0) is 61.4 Å². The Labute approximate surface area is 239 Å². The predicted octanol–water partition coefficient (Wildman–Crippen LogP) is 4.23. The maximum atomic E-state index is 12.9. The third-order valence-corrected chi connectivity index (χ3v) is 6.14. The Morgan fingerprint density at radius 2 is 1.60 bits per heavy atom. The van der Waals surface area contributed by atoms with Crippen molar-refractivity contribution in [3.8, 4) is 0 Å². The van der Waals surface area contributed by atoms with Crippen LogP contribution in [-0.4, -0.2) is 54.6 Å². The second-order valence-corrected chi connectivity index (χ2v) is 9.78. The minimum absolute atomic E-state index is 0.0110. The molecule has 0 aromatic heterocycles. The van der Waals surface area contributed by atoms with Crippen molar-refractivity contribution in [3.05, 3.63) is 99.6 Å². The van der Waals surface area contributed by atoms with Crippen molar-refractivity contribution in [1.82, 2.24) is 10.2 Å². The molecule has 1 saturated heterocycles. The fourth-order valence-electron chi connectivity index (χ4n) is 3.93. The Balaban J connectivity index is 0.00000103. The van der Waals surface area contributed by atoms with Crippen LogP contribution in [0.3, 0.4) is 0 Å². The summed E-state index contributed by atoms with van der Waals surface area (Å²) in [5, 5.41) is 14.6. The van der Waals surface area contributed by atoms with Crippen LogP contribution in [0.1, 0.15) is 51.3 Å². The summed E-state index contributed by atoms with van der Waals surface area (Å²) in [5.74, 6) is -0.137. The number of halogens is 1. The molecule has 1 aliphatic rings. The number of carbonyl (C=O) groups is 3. The molecule has 0 unspecified atom stereocenters. The third-order valence-electron chi connectivity index (χ3n) is 5.90. The van der Waals surface area contributed by atoms with Crippen molar-refractivity contribution in [2.45, 2.75) is 26.9 Å². The number of amidine groups is 1. The van der Waals surface area contributed by atoms with E-state index >= 15 is 0 Å². The van der Waals surface area contributed by atoms with E-state index in [4.69, 9.17) is 27.5 Å². The third kappa shape index (κ3) is 9.21. The van der Waals surface area contributed by atoms with E-state index in [1.165, 1.54) is 13.8 Å². The molecule has 9 nitrogen and oxygen atoms in total. The average molecular weight is 564 g/mol. The fraction of sp³-hybridized carbons (Fsp3) is 0.267. The van der Waals surface area contributed by atoms with Crippen molar-refractivity contribution >= 4 is 40.7 Å². The first-order chi connectivity index (χ1) is 19.1. The highest BCUT2D eigenvalue weighted by atomic mass is 35.5. The van der Waals surface area contributed by atoms with Gasteiger partial charge in [-0.15, -0.1) is 0 Å². The summed E-state index contributed by atoms with van der Waals surface area (Å²) < 4.78 is 5.34. The number of ketones is 1. The van der Waals surface area contributed by atoms with Gasteiger partial charge in [0.2, 0.25) is 0 Å². The van der Waals surface area contributed by atoms with Gasteiger partial charge >= 0.3 is 0 Å². The van der Waals surface area contributed by atoms with Crippen LogP contribution in [0.25, 0.3) is 0 Å². The lowest BCUT2D eigenvalue weighted by atomic mass is 10.1. The Kier molecular flexibility index (Phi) is 11.2. The molecule has 0 saturated carbocycles. The van der Waals surface area contributed by atoms with E-state index in [9.17, 15) is 14.4 Å². The Morgan fingerprint density at radius 1 is 0.925 bits per heavy atom. The minimum atomic E-state index is -0.242. The molecule has 1 heterocycles. The van der Waals surface area contributed by atoms with E-state index in [1.807, 2.05) is 30.3 Å². The van der Waals surface area contributed by atoms with E-state index in [0.29, 0.717) is 54.6 Å². The molecule has 40 heavy (non-hydrogen) atoms. The van der Waals surface area contributed by atoms with Crippen molar-refractivity contribution in [2.24, 2.45) is 5.73 Å². The van der Waals surface area contributed by atoms with E-state index in [1.54, 1.807) is 41.3 Å². The second-order valence-electron chi connectivity index (χ2n) is 9.35. The first-order valence-electron chi connectivity index (χ1n) is 12.8. The van der Waals surface area contributed by atoms with Gasteiger partial charge in [0.15, 0.2) is 0 Å². The van der Waals surface area contributed by atoms with Gasteiger partial charge in [-0.25, -0.2) is 0 Å². The number of nitrogens with two attached hydrogens (primary N) is 1. The number of anilines is 1. The number of nitrogens with zero attached hydrogens (tertiary/aromatic N) is 1. The number of ether oxygens (including phenoxy) is 1. The monoisotopic (exact) mass is 563 g/mol. The zero-order valence-electron chi connectivity index (χ0n) is 22.6. The van der Waals surface area contributed by atoms with E-state index in [-0.39, 0.29) is 30.0 Å². The molecule has 4 rings (SSSR count). The second kappa shape index (κ2) is 14.8. The molecule has 3 aromatic carbocycles. The Bertz CT molecular complexity index is 1370. The zero-order chi connectivity index (χ0) is 29.1. The number of carbonyl (C=O) groups excluding carboxylic acids is 3. The number of nitrogens with one attached hydrogen (secondary N) is 3. The molecular weight excluding hydrogens is 530 g/mol. The Morgan fingerprint density at radius 3 is 2.27 bits per heavy atom. The molecule has 1 aliphatic heterocycles. The van der Waals surface area contributed by atoms with E-state index < -0.39 is 0 Å². The quantitative estimate of drug-likeness (QED) is 0.239. The van der Waals surface area contributed by atoms with Crippen LogP contribution in [0.4, 0.5) is 5.69 Å². The summed E-state index contributed by atoms with van der Waals surface area (Å²) in [7, 11) is 0. The van der Waals surface area contributed by atoms with Crippen LogP contribution >= 0.6 is 11.6 Å². The van der Waals surface area contributed by atoms with Crippen molar-refractivity contribution in [1.29, 1.82) is 5.41 Å². The van der Waals surface area contributed by atoms with Crippen LogP contribution in [0, 0.1) is 5.41 Å². The number of amides is 2. The number of Topliss-reactive ketones (excluding diaryl/α,β-unsaturated/α-hetero) is 1. The molecule has 5 N–H and O–H groups in total. The fourth-order valence-corrected chi connectivity index (χ4v) is 4.12.